The van der Waals surface area contributed by atoms with E-state index in [1.54, 1.807) is 36.3 Å². The van der Waals surface area contributed by atoms with Crippen molar-refractivity contribution in [3.05, 3.63) is 143 Å². The van der Waals surface area contributed by atoms with E-state index in [0.29, 0.717) is 61.2 Å². The summed E-state index contributed by atoms with van der Waals surface area (Å²) in [6.45, 7) is 4.69. The highest BCUT2D eigenvalue weighted by atomic mass is 16.5. The molecular formula is C44H50N2O5. The first-order valence-electron chi connectivity index (χ1n) is 18.1. The van der Waals surface area contributed by atoms with Gasteiger partial charge in [-0.15, -0.1) is 0 Å². The number of amides is 2. The molecule has 1 fully saturated rings. The van der Waals surface area contributed by atoms with Gasteiger partial charge in [-0.05, 0) is 105 Å². The number of rotatable bonds is 8. The van der Waals surface area contributed by atoms with Crippen LogP contribution in [0.25, 0.3) is 0 Å². The fourth-order valence-corrected chi connectivity index (χ4v) is 8.14. The Kier molecular flexibility index (Phi) is 11.1. The number of fused-ring (bicyclic) bond motifs is 8. The summed E-state index contributed by atoms with van der Waals surface area (Å²) < 4.78 is 5.30. The molecule has 0 spiro atoms. The molecule has 0 heterocycles. The Balaban J connectivity index is 1.40. The normalized spacial score (nSPS) is 23.4. The fourth-order valence-electron chi connectivity index (χ4n) is 8.14. The van der Waals surface area contributed by atoms with E-state index in [4.69, 9.17) is 4.74 Å². The van der Waals surface area contributed by atoms with Crippen molar-refractivity contribution >= 4 is 17.5 Å². The summed E-state index contributed by atoms with van der Waals surface area (Å²) in [5.74, 6) is 0.483. The minimum atomic E-state index is -1.26. The topological polar surface area (TPSA) is 99.1 Å². The van der Waals surface area contributed by atoms with Crippen LogP contribution in [0.4, 0.5) is 10.5 Å². The van der Waals surface area contributed by atoms with Crippen molar-refractivity contribution in [1.82, 2.24) is 4.90 Å². The zero-order valence-corrected chi connectivity index (χ0v) is 30.0. The highest BCUT2D eigenvalue weighted by molar-refractivity contribution is 6.10. The van der Waals surface area contributed by atoms with E-state index < -0.39 is 17.1 Å². The fraction of sp³-hybridized carbons (Fsp3) is 0.364. The second-order valence-electron chi connectivity index (χ2n) is 14.6. The number of hydrogen-bond acceptors (Lipinski definition) is 5. The highest BCUT2D eigenvalue weighted by Crippen LogP contribution is 2.59. The average molecular weight is 687 g/mol. The van der Waals surface area contributed by atoms with Crippen molar-refractivity contribution in [2.45, 2.75) is 83.0 Å². The van der Waals surface area contributed by atoms with Crippen molar-refractivity contribution in [3.8, 4) is 5.75 Å². The number of urea groups is 1. The molecule has 4 atom stereocenters. The number of carbonyl (C=O) groups excluding carboxylic acids is 2. The van der Waals surface area contributed by atoms with Gasteiger partial charge in [-0.3, -0.25) is 4.79 Å². The van der Waals surface area contributed by atoms with E-state index in [-0.39, 0.29) is 24.3 Å². The molecule has 2 amide bonds. The van der Waals surface area contributed by atoms with Crippen molar-refractivity contribution in [3.63, 3.8) is 0 Å². The van der Waals surface area contributed by atoms with Gasteiger partial charge in [-0.25, -0.2) is 4.79 Å². The quantitative estimate of drug-likeness (QED) is 0.127. The molecule has 4 aromatic carbocycles. The van der Waals surface area contributed by atoms with Gasteiger partial charge in [0.25, 0.3) is 0 Å². The number of nitrogens with zero attached hydrogens (tertiary/aromatic N) is 1. The van der Waals surface area contributed by atoms with Gasteiger partial charge in [-0.1, -0.05) is 91.4 Å². The molecule has 7 rings (SSSR count). The molecule has 0 aromatic heterocycles. The largest absolute Gasteiger partial charge is 0.497 e. The summed E-state index contributed by atoms with van der Waals surface area (Å²) in [6, 6.07) is 32.1. The lowest BCUT2D eigenvalue weighted by Gasteiger charge is -2.46. The van der Waals surface area contributed by atoms with Gasteiger partial charge in [0.15, 0.2) is 5.78 Å². The number of allylic oxidation sites excluding steroid dienone is 2. The number of methoxy groups -OCH3 is 1. The minimum Gasteiger partial charge on any atom is -0.497 e. The van der Waals surface area contributed by atoms with E-state index in [2.05, 4.69) is 31.3 Å². The number of ketones is 1. The lowest BCUT2D eigenvalue weighted by atomic mass is 9.64. The standard InChI is InChI=1S/C44H50N2O5/c1-31-11-10-25-43(2)40(38-23-17-33(27-36(47)20-16-31)28-39(38)41(48)34-14-8-5-9-15-34)24-26-44(43,50)30-46(29-32-12-6-4-7-13-32)42(49)45-35-18-21-37(51-3)22-19-35/h4-9,11-15,17-19,21-23,28,36,40,47,50H,10,16,20,24-27,29-30H2,1-3H3,(H,45,49). The lowest BCUT2D eigenvalue weighted by Crippen LogP contribution is -2.54. The number of aliphatic hydroxyl groups excluding tert-OH is 1. The monoisotopic (exact) mass is 686 g/mol. The second-order valence-corrected chi connectivity index (χ2v) is 14.6. The lowest BCUT2D eigenvalue weighted by molar-refractivity contribution is -0.0773. The van der Waals surface area contributed by atoms with E-state index >= 15 is 0 Å². The number of ether oxygens (including phenoxy) is 1. The van der Waals surface area contributed by atoms with Crippen LogP contribution in [-0.2, 0) is 13.0 Å². The van der Waals surface area contributed by atoms with Crippen molar-refractivity contribution in [2.75, 3.05) is 19.0 Å². The van der Waals surface area contributed by atoms with Gasteiger partial charge in [0, 0.05) is 28.8 Å². The highest BCUT2D eigenvalue weighted by Gasteiger charge is 2.57. The third-order valence-corrected chi connectivity index (χ3v) is 11.2. The Morgan fingerprint density at radius 2 is 1.63 bits per heavy atom. The summed E-state index contributed by atoms with van der Waals surface area (Å²) in [6.07, 6.45) is 6.11. The number of aliphatic hydroxyl groups is 2. The van der Waals surface area contributed by atoms with Crippen LogP contribution >= 0.6 is 0 Å². The molecule has 7 heteroatoms. The van der Waals surface area contributed by atoms with Gasteiger partial charge < -0.3 is 25.2 Å². The predicted octanol–water partition coefficient (Wildman–Crippen LogP) is 8.70. The van der Waals surface area contributed by atoms with E-state index in [9.17, 15) is 19.8 Å². The molecule has 0 aliphatic heterocycles. The molecular weight excluding hydrogens is 636 g/mol. The Hall–Kier alpha value is -4.72. The molecule has 266 valence electrons. The first kappa shape index (κ1) is 36.1. The first-order valence-corrected chi connectivity index (χ1v) is 18.1. The Morgan fingerprint density at radius 3 is 2.33 bits per heavy atom. The maximum absolute atomic E-state index is 14.3. The van der Waals surface area contributed by atoms with Crippen molar-refractivity contribution in [2.24, 2.45) is 5.41 Å². The van der Waals surface area contributed by atoms with E-state index in [1.165, 1.54) is 5.57 Å². The predicted molar refractivity (Wildman–Crippen MR) is 202 cm³/mol. The van der Waals surface area contributed by atoms with Crippen LogP contribution in [0.3, 0.4) is 0 Å². The first-order chi connectivity index (χ1) is 24.6. The second kappa shape index (κ2) is 15.7. The molecule has 1 saturated carbocycles. The third kappa shape index (κ3) is 8.11. The Morgan fingerprint density at radius 1 is 0.922 bits per heavy atom. The zero-order chi connectivity index (χ0) is 36.0. The SMILES string of the molecule is COc1ccc(NC(=O)N(Cc2ccccc2)CC2(O)CCC3c4ccc(cc4C(=O)c4ccccc4)CC(O)CCC(C)=CCCC32C)cc1. The maximum Gasteiger partial charge on any atom is 0.322 e. The summed E-state index contributed by atoms with van der Waals surface area (Å²) in [5.41, 5.74) is 3.92. The molecule has 3 aliphatic carbocycles. The van der Waals surface area contributed by atoms with Gasteiger partial charge in [-0.2, -0.15) is 0 Å². The van der Waals surface area contributed by atoms with Crippen LogP contribution in [0.2, 0.25) is 0 Å². The Bertz CT molecular complexity index is 1840. The van der Waals surface area contributed by atoms with Crippen molar-refractivity contribution < 1.29 is 24.5 Å². The average Bonchev–Trinajstić information content (AvgIpc) is 3.39. The molecule has 0 saturated heterocycles. The van der Waals surface area contributed by atoms with Crippen LogP contribution in [0.5, 0.6) is 5.75 Å². The number of carbonyl (C=O) groups is 2. The zero-order valence-electron chi connectivity index (χ0n) is 30.0. The van der Waals surface area contributed by atoms with Crippen LogP contribution < -0.4 is 10.1 Å². The van der Waals surface area contributed by atoms with E-state index in [0.717, 1.165) is 29.5 Å². The maximum atomic E-state index is 14.3. The summed E-state index contributed by atoms with van der Waals surface area (Å²) in [4.78, 5) is 30.1. The summed E-state index contributed by atoms with van der Waals surface area (Å²) in [7, 11) is 1.60. The summed E-state index contributed by atoms with van der Waals surface area (Å²) >= 11 is 0. The minimum absolute atomic E-state index is 0.0628. The molecule has 3 N–H and O–H groups in total. The number of benzene rings is 4. The number of anilines is 1. The van der Waals surface area contributed by atoms with Crippen LogP contribution in [0.15, 0.2) is 115 Å². The van der Waals surface area contributed by atoms with Crippen molar-refractivity contribution in [1.29, 1.82) is 0 Å². The van der Waals surface area contributed by atoms with E-state index in [1.807, 2.05) is 72.8 Å². The molecule has 3 aliphatic rings. The Labute approximate surface area is 302 Å². The molecule has 7 nitrogen and oxygen atoms in total. The molecule has 4 aromatic rings. The van der Waals surface area contributed by atoms with Gasteiger partial charge in [0.2, 0.25) is 0 Å². The number of nitrogens with one attached hydrogen (secondary N) is 1. The van der Waals surface area contributed by atoms with Gasteiger partial charge in [0.05, 0.1) is 25.4 Å². The third-order valence-electron chi connectivity index (χ3n) is 11.2. The molecule has 2 bridgehead atoms. The molecule has 51 heavy (non-hydrogen) atoms. The van der Waals surface area contributed by atoms with Gasteiger partial charge >= 0.3 is 6.03 Å². The molecule has 0 radical (unpaired) electrons. The van der Waals surface area contributed by atoms with Crippen LogP contribution in [-0.4, -0.2) is 52.3 Å². The smallest absolute Gasteiger partial charge is 0.322 e. The molecule has 4 unspecified atom stereocenters. The van der Waals surface area contributed by atoms with Gasteiger partial charge in [0.1, 0.15) is 5.75 Å². The summed E-state index contributed by atoms with van der Waals surface area (Å²) in [5, 5.41) is 27.0. The van der Waals surface area contributed by atoms with Crippen LogP contribution in [0.1, 0.15) is 90.9 Å². The van der Waals surface area contributed by atoms with Crippen LogP contribution in [0, 0.1) is 5.41 Å². The number of hydrogen-bond donors (Lipinski definition) is 3.